The van der Waals surface area contributed by atoms with Crippen molar-refractivity contribution < 1.29 is 24.3 Å². The van der Waals surface area contributed by atoms with Crippen LogP contribution in [0.3, 0.4) is 0 Å². The van der Waals surface area contributed by atoms with Crippen LogP contribution in [0.5, 0.6) is 0 Å². The third-order valence-electron chi connectivity index (χ3n) is 5.53. The van der Waals surface area contributed by atoms with Crippen LogP contribution in [-0.2, 0) is 14.4 Å². The lowest BCUT2D eigenvalue weighted by molar-refractivity contribution is -0.143. The van der Waals surface area contributed by atoms with Crippen LogP contribution < -0.4 is 10.6 Å². The summed E-state index contributed by atoms with van der Waals surface area (Å²) in [6.45, 7) is 8.69. The van der Waals surface area contributed by atoms with Gasteiger partial charge in [-0.25, -0.2) is 4.79 Å². The number of rotatable bonds is 6. The van der Waals surface area contributed by atoms with Gasteiger partial charge < -0.3 is 20.6 Å². The van der Waals surface area contributed by atoms with Crippen LogP contribution >= 0.6 is 11.8 Å². The van der Waals surface area contributed by atoms with Gasteiger partial charge in [-0.15, -0.1) is 11.8 Å². The Balaban J connectivity index is 1.76. The number of nitrogens with zero attached hydrogens (tertiary/aromatic N) is 1. The lowest BCUT2D eigenvalue weighted by Crippen LogP contribution is -2.57. The maximum absolute atomic E-state index is 13.2. The number of fused-ring (bicyclic) bond motifs is 3. The van der Waals surface area contributed by atoms with E-state index in [4.69, 9.17) is 0 Å². The molecule has 3 N–H and O–H groups in total. The highest BCUT2D eigenvalue weighted by Crippen LogP contribution is 2.56. The highest BCUT2D eigenvalue weighted by atomic mass is 32.2. The van der Waals surface area contributed by atoms with Crippen LogP contribution in [0.2, 0.25) is 0 Å². The highest BCUT2D eigenvalue weighted by molar-refractivity contribution is 8.01. The number of hydrogen-bond donors (Lipinski definition) is 3. The fourth-order valence-electron chi connectivity index (χ4n) is 3.95. The quantitative estimate of drug-likeness (QED) is 0.630. The summed E-state index contributed by atoms with van der Waals surface area (Å²) in [4.78, 5) is 51.5. The SMILES string of the molecule is CC(C)[C@@H](NC(=O)[C@H](C)NC(=O)[C@@H]1N2C(=O)c3ccccc3[C@@H]2SC1(C)C)C(=O)O. The number of carbonyl (C=O) groups excluding carboxylic acids is 3. The van der Waals surface area contributed by atoms with E-state index in [1.165, 1.54) is 6.92 Å². The van der Waals surface area contributed by atoms with E-state index in [0.29, 0.717) is 5.56 Å². The molecule has 162 valence electrons. The van der Waals surface area contributed by atoms with E-state index in [1.54, 1.807) is 42.6 Å². The number of benzene rings is 1. The molecule has 0 saturated carbocycles. The Morgan fingerprint density at radius 1 is 1.13 bits per heavy atom. The maximum atomic E-state index is 13.2. The smallest absolute Gasteiger partial charge is 0.326 e. The number of amides is 3. The first-order valence-electron chi connectivity index (χ1n) is 9.88. The third kappa shape index (κ3) is 3.78. The second-order valence-corrected chi connectivity index (χ2v) is 10.3. The average Bonchev–Trinajstić information content (AvgIpc) is 3.08. The van der Waals surface area contributed by atoms with Crippen molar-refractivity contribution in [3.8, 4) is 0 Å². The van der Waals surface area contributed by atoms with Crippen LogP contribution in [0.4, 0.5) is 0 Å². The maximum Gasteiger partial charge on any atom is 0.326 e. The minimum absolute atomic E-state index is 0.198. The number of aliphatic carboxylic acids is 1. The number of carbonyl (C=O) groups is 4. The molecule has 3 amide bonds. The Kier molecular flexibility index (Phi) is 5.86. The van der Waals surface area contributed by atoms with Gasteiger partial charge >= 0.3 is 5.97 Å². The van der Waals surface area contributed by atoms with Crippen LogP contribution in [0.25, 0.3) is 0 Å². The summed E-state index contributed by atoms with van der Waals surface area (Å²) in [7, 11) is 0. The van der Waals surface area contributed by atoms with E-state index in [0.717, 1.165) is 5.56 Å². The molecular weight excluding hydrogens is 406 g/mol. The van der Waals surface area contributed by atoms with E-state index in [9.17, 15) is 24.3 Å². The van der Waals surface area contributed by atoms with Crippen molar-refractivity contribution in [1.82, 2.24) is 15.5 Å². The Morgan fingerprint density at radius 3 is 2.37 bits per heavy atom. The molecule has 9 heteroatoms. The normalized spacial score (nSPS) is 23.5. The zero-order valence-electron chi connectivity index (χ0n) is 17.6. The van der Waals surface area contributed by atoms with Gasteiger partial charge in [-0.05, 0) is 38.3 Å². The van der Waals surface area contributed by atoms with Gasteiger partial charge in [0.05, 0.1) is 0 Å². The standard InChI is InChI=1S/C21H27N3O5S/c1-10(2)14(20(28)29)23-16(25)11(3)22-17(26)15-21(4,5)30-19-13-9-7-6-8-12(13)18(27)24(15)19/h6-11,14-15,19H,1-5H3,(H,22,26)(H,23,25)(H,28,29)/t11-,14+,15-,19-/m0/s1. The van der Waals surface area contributed by atoms with Gasteiger partial charge in [0.25, 0.3) is 5.91 Å². The fourth-order valence-corrected chi connectivity index (χ4v) is 5.54. The Hall–Kier alpha value is -2.55. The number of carboxylic acid groups (broad SMARTS) is 1. The Labute approximate surface area is 179 Å². The second-order valence-electron chi connectivity index (χ2n) is 8.57. The molecule has 1 fully saturated rings. The van der Waals surface area contributed by atoms with Gasteiger partial charge in [-0.3, -0.25) is 14.4 Å². The molecular formula is C21H27N3O5S. The van der Waals surface area contributed by atoms with E-state index in [2.05, 4.69) is 10.6 Å². The lowest BCUT2D eigenvalue weighted by atomic mass is 10.00. The zero-order valence-corrected chi connectivity index (χ0v) is 18.4. The van der Waals surface area contributed by atoms with Crippen molar-refractivity contribution in [2.45, 2.75) is 62.9 Å². The summed E-state index contributed by atoms with van der Waals surface area (Å²) >= 11 is 1.54. The molecule has 0 radical (unpaired) electrons. The first kappa shape index (κ1) is 22.1. The van der Waals surface area contributed by atoms with Crippen molar-refractivity contribution in [2.24, 2.45) is 5.92 Å². The van der Waals surface area contributed by atoms with Crippen molar-refractivity contribution in [2.75, 3.05) is 0 Å². The van der Waals surface area contributed by atoms with E-state index in [1.807, 2.05) is 26.0 Å². The molecule has 0 aliphatic carbocycles. The molecule has 0 aromatic heterocycles. The predicted octanol–water partition coefficient (Wildman–Crippen LogP) is 1.77. The third-order valence-corrected chi connectivity index (χ3v) is 7.06. The fraction of sp³-hybridized carbons (Fsp3) is 0.524. The first-order valence-corrected chi connectivity index (χ1v) is 10.8. The van der Waals surface area contributed by atoms with Crippen molar-refractivity contribution in [3.05, 3.63) is 35.4 Å². The van der Waals surface area contributed by atoms with Gasteiger partial charge in [0.2, 0.25) is 11.8 Å². The first-order chi connectivity index (χ1) is 14.0. The minimum Gasteiger partial charge on any atom is -0.480 e. The monoisotopic (exact) mass is 433 g/mol. The van der Waals surface area contributed by atoms with Crippen LogP contribution in [0.15, 0.2) is 24.3 Å². The molecule has 1 saturated heterocycles. The predicted molar refractivity (Wildman–Crippen MR) is 113 cm³/mol. The Bertz CT molecular complexity index is 900. The molecule has 2 aliphatic rings. The number of hydrogen-bond acceptors (Lipinski definition) is 5. The number of carboxylic acids is 1. The number of thioether (sulfide) groups is 1. The molecule has 2 aliphatic heterocycles. The summed E-state index contributed by atoms with van der Waals surface area (Å²) in [6, 6.07) is 4.57. The van der Waals surface area contributed by atoms with Crippen LogP contribution in [0, 0.1) is 5.92 Å². The summed E-state index contributed by atoms with van der Waals surface area (Å²) in [5.74, 6) is -2.65. The lowest BCUT2D eigenvalue weighted by Gasteiger charge is -2.30. The zero-order chi connectivity index (χ0) is 22.4. The summed E-state index contributed by atoms with van der Waals surface area (Å²) in [5.41, 5.74) is 1.48. The topological polar surface area (TPSA) is 116 Å². The molecule has 2 heterocycles. The molecule has 1 aromatic rings. The number of nitrogens with one attached hydrogen (secondary N) is 2. The molecule has 8 nitrogen and oxygen atoms in total. The van der Waals surface area contributed by atoms with Crippen molar-refractivity contribution >= 4 is 35.5 Å². The molecule has 4 atom stereocenters. The van der Waals surface area contributed by atoms with E-state index < -0.39 is 40.7 Å². The second kappa shape index (κ2) is 7.94. The summed E-state index contributed by atoms with van der Waals surface area (Å²) in [6.07, 6.45) is 0. The Morgan fingerprint density at radius 2 is 1.77 bits per heavy atom. The van der Waals surface area contributed by atoms with Gasteiger partial charge in [0.15, 0.2) is 0 Å². The van der Waals surface area contributed by atoms with E-state index >= 15 is 0 Å². The molecule has 30 heavy (non-hydrogen) atoms. The van der Waals surface area contributed by atoms with Crippen molar-refractivity contribution in [1.29, 1.82) is 0 Å². The largest absolute Gasteiger partial charge is 0.480 e. The van der Waals surface area contributed by atoms with Crippen LogP contribution in [0.1, 0.15) is 55.9 Å². The summed E-state index contributed by atoms with van der Waals surface area (Å²) < 4.78 is -0.560. The van der Waals surface area contributed by atoms with E-state index in [-0.39, 0.29) is 17.2 Å². The van der Waals surface area contributed by atoms with Gasteiger partial charge in [0, 0.05) is 10.3 Å². The van der Waals surface area contributed by atoms with Crippen molar-refractivity contribution in [3.63, 3.8) is 0 Å². The van der Waals surface area contributed by atoms with Gasteiger partial charge in [0.1, 0.15) is 23.5 Å². The minimum atomic E-state index is -1.13. The average molecular weight is 434 g/mol. The molecule has 0 unspecified atom stereocenters. The summed E-state index contributed by atoms with van der Waals surface area (Å²) in [5, 5.41) is 14.1. The van der Waals surface area contributed by atoms with Gasteiger partial charge in [-0.2, -0.15) is 0 Å². The molecule has 0 spiro atoms. The highest BCUT2D eigenvalue weighted by Gasteiger charge is 2.57. The van der Waals surface area contributed by atoms with Crippen LogP contribution in [-0.4, -0.2) is 56.6 Å². The van der Waals surface area contributed by atoms with Gasteiger partial charge in [-0.1, -0.05) is 32.0 Å². The molecule has 0 bridgehead atoms. The molecule has 3 rings (SSSR count). The molecule has 1 aromatic carbocycles.